The van der Waals surface area contributed by atoms with Gasteiger partial charge in [0.2, 0.25) is 0 Å². The van der Waals surface area contributed by atoms with Crippen molar-refractivity contribution in [3.63, 3.8) is 0 Å². The minimum atomic E-state index is 0.537. The van der Waals surface area contributed by atoms with Crippen molar-refractivity contribution in [3.05, 3.63) is 17.8 Å². The van der Waals surface area contributed by atoms with Crippen LogP contribution in [-0.2, 0) is 0 Å². The molecule has 0 radical (unpaired) electrons. The van der Waals surface area contributed by atoms with Gasteiger partial charge < -0.3 is 5.73 Å². The Balaban J connectivity index is 2.05. The highest BCUT2D eigenvalue weighted by molar-refractivity contribution is 5.85. The summed E-state index contributed by atoms with van der Waals surface area (Å²) in [7, 11) is 0. The first-order chi connectivity index (χ1) is 7.34. The second-order valence-corrected chi connectivity index (χ2v) is 4.22. The molecule has 0 spiro atoms. The average molecular weight is 202 g/mol. The van der Waals surface area contributed by atoms with Gasteiger partial charge in [0.05, 0.1) is 5.39 Å². The lowest BCUT2D eigenvalue weighted by molar-refractivity contribution is 0.700. The zero-order valence-electron chi connectivity index (χ0n) is 8.53. The van der Waals surface area contributed by atoms with E-state index in [2.05, 4.69) is 21.2 Å². The normalized spacial score (nSPS) is 17.6. The Morgan fingerprint density at radius 1 is 1.27 bits per heavy atom. The standard InChI is InChI=1S/C11H14N4/c12-10-8-5-6-9(7-3-1-2-4-7)13-11(8)15-14-10/h5-7H,1-4H2,(H3,12,13,14,15). The van der Waals surface area contributed by atoms with E-state index in [4.69, 9.17) is 5.73 Å². The SMILES string of the molecule is Nc1n[nH]c2nc(C3CCCC3)ccc12. The number of hydrogen-bond donors (Lipinski definition) is 2. The van der Waals surface area contributed by atoms with Crippen LogP contribution in [0.15, 0.2) is 12.1 Å². The summed E-state index contributed by atoms with van der Waals surface area (Å²) in [6, 6.07) is 4.11. The number of aromatic amines is 1. The lowest BCUT2D eigenvalue weighted by Gasteiger charge is -2.07. The maximum atomic E-state index is 5.70. The third kappa shape index (κ3) is 1.37. The number of nitrogen functional groups attached to an aromatic ring is 1. The number of hydrogen-bond acceptors (Lipinski definition) is 3. The van der Waals surface area contributed by atoms with E-state index in [-0.39, 0.29) is 0 Å². The lowest BCUT2D eigenvalue weighted by Crippen LogP contribution is -1.96. The van der Waals surface area contributed by atoms with Gasteiger partial charge in [0.1, 0.15) is 0 Å². The Morgan fingerprint density at radius 2 is 2.07 bits per heavy atom. The molecule has 0 unspecified atom stereocenters. The van der Waals surface area contributed by atoms with E-state index < -0.39 is 0 Å². The predicted octanol–water partition coefficient (Wildman–Crippen LogP) is 2.20. The van der Waals surface area contributed by atoms with Crippen LogP contribution >= 0.6 is 0 Å². The Morgan fingerprint density at radius 3 is 2.87 bits per heavy atom. The molecule has 0 aliphatic heterocycles. The largest absolute Gasteiger partial charge is 0.382 e. The third-order valence-corrected chi connectivity index (χ3v) is 3.25. The van der Waals surface area contributed by atoms with E-state index in [9.17, 15) is 0 Å². The molecule has 15 heavy (non-hydrogen) atoms. The van der Waals surface area contributed by atoms with Gasteiger partial charge >= 0.3 is 0 Å². The van der Waals surface area contributed by atoms with E-state index >= 15 is 0 Å². The zero-order valence-corrected chi connectivity index (χ0v) is 8.53. The highest BCUT2D eigenvalue weighted by atomic mass is 15.2. The van der Waals surface area contributed by atoms with Crippen LogP contribution < -0.4 is 5.73 Å². The van der Waals surface area contributed by atoms with E-state index in [1.54, 1.807) is 0 Å². The van der Waals surface area contributed by atoms with Gasteiger partial charge in [0.25, 0.3) is 0 Å². The van der Waals surface area contributed by atoms with Crippen molar-refractivity contribution in [2.24, 2.45) is 0 Å². The van der Waals surface area contributed by atoms with Crippen LogP contribution in [-0.4, -0.2) is 15.2 Å². The predicted molar refractivity (Wildman–Crippen MR) is 59.5 cm³/mol. The van der Waals surface area contributed by atoms with Gasteiger partial charge in [-0.2, -0.15) is 5.10 Å². The van der Waals surface area contributed by atoms with Crippen LogP contribution in [0.2, 0.25) is 0 Å². The fourth-order valence-corrected chi connectivity index (χ4v) is 2.39. The fourth-order valence-electron chi connectivity index (χ4n) is 2.39. The van der Waals surface area contributed by atoms with Gasteiger partial charge in [0, 0.05) is 11.6 Å². The number of anilines is 1. The summed E-state index contributed by atoms with van der Waals surface area (Å²) in [6.07, 6.45) is 5.19. The van der Waals surface area contributed by atoms with Gasteiger partial charge in [-0.1, -0.05) is 12.8 Å². The molecule has 0 aromatic carbocycles. The van der Waals surface area contributed by atoms with Crippen LogP contribution in [0.25, 0.3) is 11.0 Å². The number of pyridine rings is 1. The van der Waals surface area contributed by atoms with Crippen molar-refractivity contribution in [2.75, 3.05) is 5.73 Å². The summed E-state index contributed by atoms with van der Waals surface area (Å²) in [5, 5.41) is 7.75. The lowest BCUT2D eigenvalue weighted by atomic mass is 10.0. The van der Waals surface area contributed by atoms with Crippen LogP contribution in [0.1, 0.15) is 37.3 Å². The van der Waals surface area contributed by atoms with Gasteiger partial charge in [-0.3, -0.25) is 5.10 Å². The number of fused-ring (bicyclic) bond motifs is 1. The highest BCUT2D eigenvalue weighted by Gasteiger charge is 2.18. The Labute approximate surface area is 87.9 Å². The molecule has 3 rings (SSSR count). The second kappa shape index (κ2) is 3.22. The smallest absolute Gasteiger partial charge is 0.157 e. The molecule has 0 atom stereocenters. The summed E-state index contributed by atoms with van der Waals surface area (Å²) in [5.41, 5.74) is 7.70. The van der Waals surface area contributed by atoms with Gasteiger partial charge in [-0.25, -0.2) is 4.98 Å². The van der Waals surface area contributed by atoms with Crippen LogP contribution in [0, 0.1) is 0 Å². The summed E-state index contributed by atoms with van der Waals surface area (Å²) >= 11 is 0. The first-order valence-electron chi connectivity index (χ1n) is 5.45. The molecule has 4 nitrogen and oxygen atoms in total. The molecule has 1 aliphatic carbocycles. The molecule has 3 N–H and O–H groups in total. The van der Waals surface area contributed by atoms with Crippen LogP contribution in [0.3, 0.4) is 0 Å². The average Bonchev–Trinajstić information content (AvgIpc) is 2.88. The van der Waals surface area contributed by atoms with E-state index in [0.29, 0.717) is 11.7 Å². The van der Waals surface area contributed by atoms with Crippen molar-refractivity contribution in [3.8, 4) is 0 Å². The molecule has 2 aromatic heterocycles. The molecule has 1 saturated carbocycles. The molecule has 1 fully saturated rings. The summed E-state index contributed by atoms with van der Waals surface area (Å²) in [4.78, 5) is 4.58. The molecule has 2 aromatic rings. The summed E-state index contributed by atoms with van der Waals surface area (Å²) in [6.45, 7) is 0. The third-order valence-electron chi connectivity index (χ3n) is 3.25. The van der Waals surface area contributed by atoms with Crippen LogP contribution in [0.5, 0.6) is 0 Å². The molecule has 0 bridgehead atoms. The highest BCUT2D eigenvalue weighted by Crippen LogP contribution is 2.33. The molecule has 78 valence electrons. The summed E-state index contributed by atoms with van der Waals surface area (Å²) in [5.74, 6) is 1.18. The van der Waals surface area contributed by atoms with Crippen molar-refractivity contribution >= 4 is 16.9 Å². The topological polar surface area (TPSA) is 67.6 Å². The molecule has 2 heterocycles. The fraction of sp³-hybridized carbons (Fsp3) is 0.455. The first-order valence-corrected chi connectivity index (χ1v) is 5.45. The molecular weight excluding hydrogens is 188 g/mol. The second-order valence-electron chi connectivity index (χ2n) is 4.22. The first kappa shape index (κ1) is 8.71. The number of nitrogens with zero attached hydrogens (tertiary/aromatic N) is 2. The molecule has 0 saturated heterocycles. The maximum absolute atomic E-state index is 5.70. The number of rotatable bonds is 1. The minimum Gasteiger partial charge on any atom is -0.382 e. The number of nitrogens with one attached hydrogen (secondary N) is 1. The van der Waals surface area contributed by atoms with Gasteiger partial charge in [-0.15, -0.1) is 0 Å². The monoisotopic (exact) mass is 202 g/mol. The quantitative estimate of drug-likeness (QED) is 0.744. The molecule has 0 amide bonds. The van der Waals surface area contributed by atoms with E-state index in [1.807, 2.05) is 6.07 Å². The molecule has 1 aliphatic rings. The van der Waals surface area contributed by atoms with Crippen molar-refractivity contribution in [1.82, 2.24) is 15.2 Å². The Kier molecular flexibility index (Phi) is 1.87. The molecule has 4 heteroatoms. The number of aromatic nitrogens is 3. The van der Waals surface area contributed by atoms with Crippen molar-refractivity contribution < 1.29 is 0 Å². The van der Waals surface area contributed by atoms with Gasteiger partial charge in [0.15, 0.2) is 11.5 Å². The van der Waals surface area contributed by atoms with Crippen molar-refractivity contribution in [1.29, 1.82) is 0 Å². The van der Waals surface area contributed by atoms with E-state index in [1.165, 1.54) is 31.4 Å². The summed E-state index contributed by atoms with van der Waals surface area (Å²) < 4.78 is 0. The van der Waals surface area contributed by atoms with Gasteiger partial charge in [-0.05, 0) is 25.0 Å². The molecular formula is C11H14N4. The Bertz CT molecular complexity index is 482. The maximum Gasteiger partial charge on any atom is 0.157 e. The zero-order chi connectivity index (χ0) is 10.3. The van der Waals surface area contributed by atoms with Crippen molar-refractivity contribution in [2.45, 2.75) is 31.6 Å². The van der Waals surface area contributed by atoms with E-state index in [0.717, 1.165) is 11.0 Å². The number of H-pyrrole nitrogens is 1. The number of nitrogens with two attached hydrogens (primary N) is 1. The minimum absolute atomic E-state index is 0.537. The van der Waals surface area contributed by atoms with Crippen LogP contribution in [0.4, 0.5) is 5.82 Å². The Hall–Kier alpha value is -1.58.